The molecule has 1 N–H and O–H groups in total. The van der Waals surface area contributed by atoms with Gasteiger partial charge in [0.15, 0.2) is 6.23 Å². The van der Waals surface area contributed by atoms with E-state index in [2.05, 4.69) is 17.1 Å². The van der Waals surface area contributed by atoms with E-state index < -0.39 is 0 Å². The molecule has 0 radical (unpaired) electrons. The van der Waals surface area contributed by atoms with Gasteiger partial charge < -0.3 is 10.1 Å². The summed E-state index contributed by atoms with van der Waals surface area (Å²) in [6.07, 6.45) is -0.272. The molecule has 2 unspecified atom stereocenters. The zero-order valence-corrected chi connectivity index (χ0v) is 10.0. The molecule has 0 saturated carbocycles. The molecule has 4 nitrogen and oxygen atoms in total. The van der Waals surface area contributed by atoms with Gasteiger partial charge in [-0.2, -0.15) is 0 Å². The minimum Gasteiger partial charge on any atom is -0.444 e. The summed E-state index contributed by atoms with van der Waals surface area (Å²) in [5, 5.41) is 3.33. The first kappa shape index (κ1) is 12.1. The standard InChI is InChI=1S/C13H18N2O2/c1-11-9-14-7-8-15(11)13(17-10-16)12-5-3-2-4-6-12/h2-6,10-11,13-14H,7-9H2,1H3. The number of rotatable bonds is 4. The minimum atomic E-state index is -0.272. The lowest BCUT2D eigenvalue weighted by molar-refractivity contribution is -0.147. The number of ether oxygens (including phenoxy) is 1. The number of carbonyl (C=O) groups excluding carboxylic acids is 1. The molecule has 1 heterocycles. The molecule has 2 rings (SSSR count). The molecule has 17 heavy (non-hydrogen) atoms. The Morgan fingerprint density at radius 3 is 2.88 bits per heavy atom. The van der Waals surface area contributed by atoms with Crippen LogP contribution in [-0.4, -0.2) is 37.0 Å². The number of hydrogen-bond donors (Lipinski definition) is 1. The highest BCUT2D eigenvalue weighted by Crippen LogP contribution is 2.24. The highest BCUT2D eigenvalue weighted by Gasteiger charge is 2.28. The van der Waals surface area contributed by atoms with Crippen LogP contribution in [0, 0.1) is 0 Å². The fourth-order valence-corrected chi connectivity index (χ4v) is 2.22. The molecule has 0 bridgehead atoms. The molecule has 1 saturated heterocycles. The second-order valence-electron chi connectivity index (χ2n) is 4.29. The Hall–Kier alpha value is -1.39. The van der Waals surface area contributed by atoms with Gasteiger partial charge in [0.05, 0.1) is 0 Å². The van der Waals surface area contributed by atoms with Crippen LogP contribution < -0.4 is 5.32 Å². The van der Waals surface area contributed by atoms with Crippen molar-refractivity contribution < 1.29 is 9.53 Å². The summed E-state index contributed by atoms with van der Waals surface area (Å²) < 4.78 is 5.26. The summed E-state index contributed by atoms with van der Waals surface area (Å²) in [6, 6.07) is 10.2. The molecule has 1 aromatic carbocycles. The highest BCUT2D eigenvalue weighted by atomic mass is 16.5. The molecular formula is C13H18N2O2. The predicted molar refractivity (Wildman–Crippen MR) is 65.4 cm³/mol. The summed E-state index contributed by atoms with van der Waals surface area (Å²) in [5.41, 5.74) is 1.02. The molecule has 0 amide bonds. The molecule has 1 fully saturated rings. The molecule has 4 heteroatoms. The maximum Gasteiger partial charge on any atom is 0.294 e. The van der Waals surface area contributed by atoms with Crippen molar-refractivity contribution in [3.63, 3.8) is 0 Å². The van der Waals surface area contributed by atoms with Gasteiger partial charge in [-0.3, -0.25) is 9.69 Å². The van der Waals surface area contributed by atoms with Crippen molar-refractivity contribution >= 4 is 6.47 Å². The molecule has 92 valence electrons. The van der Waals surface area contributed by atoms with Crippen LogP contribution in [0.2, 0.25) is 0 Å². The maximum absolute atomic E-state index is 10.7. The van der Waals surface area contributed by atoms with Crippen LogP contribution in [0.5, 0.6) is 0 Å². The van der Waals surface area contributed by atoms with E-state index in [9.17, 15) is 4.79 Å². The van der Waals surface area contributed by atoms with E-state index in [0.717, 1.165) is 25.2 Å². The van der Waals surface area contributed by atoms with E-state index in [1.165, 1.54) is 0 Å². The fraction of sp³-hybridized carbons (Fsp3) is 0.462. The zero-order valence-electron chi connectivity index (χ0n) is 10.0. The first-order chi connectivity index (χ1) is 8.33. The van der Waals surface area contributed by atoms with Crippen LogP contribution in [0.25, 0.3) is 0 Å². The Bertz CT molecular complexity index is 356. The van der Waals surface area contributed by atoms with E-state index in [1.807, 2.05) is 30.3 Å². The summed E-state index contributed by atoms with van der Waals surface area (Å²) in [7, 11) is 0. The average Bonchev–Trinajstić information content (AvgIpc) is 2.38. The Morgan fingerprint density at radius 1 is 1.47 bits per heavy atom. The number of piperazine rings is 1. The van der Waals surface area contributed by atoms with Gasteiger partial charge in [0.25, 0.3) is 6.47 Å². The first-order valence-corrected chi connectivity index (χ1v) is 5.93. The lowest BCUT2D eigenvalue weighted by atomic mass is 10.1. The van der Waals surface area contributed by atoms with Gasteiger partial charge in [0, 0.05) is 31.2 Å². The van der Waals surface area contributed by atoms with Crippen LogP contribution in [-0.2, 0) is 9.53 Å². The smallest absolute Gasteiger partial charge is 0.294 e. The van der Waals surface area contributed by atoms with Crippen molar-refractivity contribution in [2.24, 2.45) is 0 Å². The number of benzene rings is 1. The summed E-state index contributed by atoms with van der Waals surface area (Å²) in [4.78, 5) is 12.9. The van der Waals surface area contributed by atoms with Gasteiger partial charge in [0.1, 0.15) is 0 Å². The number of hydrogen-bond acceptors (Lipinski definition) is 4. The van der Waals surface area contributed by atoms with Gasteiger partial charge in [0.2, 0.25) is 0 Å². The van der Waals surface area contributed by atoms with Crippen molar-refractivity contribution in [2.75, 3.05) is 19.6 Å². The van der Waals surface area contributed by atoms with E-state index in [0.29, 0.717) is 12.5 Å². The summed E-state index contributed by atoms with van der Waals surface area (Å²) in [5.74, 6) is 0. The van der Waals surface area contributed by atoms with Gasteiger partial charge in [-0.1, -0.05) is 30.3 Å². The monoisotopic (exact) mass is 234 g/mol. The third-order valence-electron chi connectivity index (χ3n) is 3.12. The second kappa shape index (κ2) is 5.80. The van der Waals surface area contributed by atoms with E-state index >= 15 is 0 Å². The van der Waals surface area contributed by atoms with Crippen molar-refractivity contribution in [3.8, 4) is 0 Å². The molecule has 1 aliphatic rings. The average molecular weight is 234 g/mol. The fourth-order valence-electron chi connectivity index (χ4n) is 2.22. The van der Waals surface area contributed by atoms with Crippen LogP contribution in [0.15, 0.2) is 30.3 Å². The van der Waals surface area contributed by atoms with Crippen molar-refractivity contribution in [1.82, 2.24) is 10.2 Å². The van der Waals surface area contributed by atoms with Gasteiger partial charge in [-0.15, -0.1) is 0 Å². The Balaban J connectivity index is 2.19. The molecule has 1 aromatic rings. The third kappa shape index (κ3) is 2.84. The lowest BCUT2D eigenvalue weighted by Crippen LogP contribution is -2.51. The van der Waals surface area contributed by atoms with E-state index in [1.54, 1.807) is 0 Å². The van der Waals surface area contributed by atoms with Crippen molar-refractivity contribution in [1.29, 1.82) is 0 Å². The minimum absolute atomic E-state index is 0.272. The van der Waals surface area contributed by atoms with Gasteiger partial charge in [-0.25, -0.2) is 0 Å². The van der Waals surface area contributed by atoms with Gasteiger partial charge >= 0.3 is 0 Å². The van der Waals surface area contributed by atoms with Crippen LogP contribution in [0.3, 0.4) is 0 Å². The highest BCUT2D eigenvalue weighted by molar-refractivity contribution is 5.38. The molecule has 0 aromatic heterocycles. The van der Waals surface area contributed by atoms with Crippen LogP contribution >= 0.6 is 0 Å². The van der Waals surface area contributed by atoms with Gasteiger partial charge in [-0.05, 0) is 6.92 Å². The maximum atomic E-state index is 10.7. The number of nitrogens with zero attached hydrogens (tertiary/aromatic N) is 1. The number of carbonyl (C=O) groups is 1. The third-order valence-corrected chi connectivity index (χ3v) is 3.12. The zero-order chi connectivity index (χ0) is 12.1. The molecule has 0 spiro atoms. The largest absolute Gasteiger partial charge is 0.444 e. The topological polar surface area (TPSA) is 41.6 Å². The predicted octanol–water partition coefficient (Wildman–Crippen LogP) is 1.15. The molecule has 0 aliphatic carbocycles. The van der Waals surface area contributed by atoms with Crippen molar-refractivity contribution in [2.45, 2.75) is 19.2 Å². The van der Waals surface area contributed by atoms with Crippen LogP contribution in [0.4, 0.5) is 0 Å². The first-order valence-electron chi connectivity index (χ1n) is 5.93. The quantitative estimate of drug-likeness (QED) is 0.794. The number of nitrogens with one attached hydrogen (secondary N) is 1. The van der Waals surface area contributed by atoms with E-state index in [-0.39, 0.29) is 6.23 Å². The van der Waals surface area contributed by atoms with Crippen molar-refractivity contribution in [3.05, 3.63) is 35.9 Å². The Kier molecular flexibility index (Phi) is 4.12. The summed E-state index contributed by atoms with van der Waals surface area (Å²) in [6.45, 7) is 5.40. The molecule has 1 aliphatic heterocycles. The second-order valence-corrected chi connectivity index (χ2v) is 4.29. The Labute approximate surface area is 102 Å². The summed E-state index contributed by atoms with van der Waals surface area (Å²) >= 11 is 0. The SMILES string of the molecule is CC1CNCCN1C(OC=O)c1ccccc1. The van der Waals surface area contributed by atoms with E-state index in [4.69, 9.17) is 4.74 Å². The normalized spacial score (nSPS) is 23.0. The molecular weight excluding hydrogens is 216 g/mol. The molecule has 2 atom stereocenters. The lowest BCUT2D eigenvalue weighted by Gasteiger charge is -2.38. The van der Waals surface area contributed by atoms with Crippen LogP contribution in [0.1, 0.15) is 18.7 Å². The Morgan fingerprint density at radius 2 is 2.24 bits per heavy atom.